The van der Waals surface area contributed by atoms with Crippen molar-refractivity contribution in [2.24, 2.45) is 0 Å². The van der Waals surface area contributed by atoms with Gasteiger partial charge in [-0.3, -0.25) is 0 Å². The van der Waals surface area contributed by atoms with E-state index < -0.39 is 0 Å². The third-order valence-electron chi connectivity index (χ3n) is 2.47. The van der Waals surface area contributed by atoms with Crippen LogP contribution in [0.4, 0.5) is 17.2 Å². The third-order valence-corrected chi connectivity index (χ3v) is 2.80. The van der Waals surface area contributed by atoms with E-state index in [0.717, 1.165) is 0 Å². The third kappa shape index (κ3) is 2.87. The second-order valence-electron chi connectivity index (χ2n) is 3.72. The van der Waals surface area contributed by atoms with Crippen LogP contribution in [0.25, 0.3) is 0 Å². The molecular weight excluding hydrogens is 264 g/mol. The van der Waals surface area contributed by atoms with Crippen LogP contribution in [0, 0.1) is 11.3 Å². The van der Waals surface area contributed by atoms with Gasteiger partial charge in [-0.05, 0) is 24.3 Å². The zero-order chi connectivity index (χ0) is 13.8. The number of benzene rings is 1. The Morgan fingerprint density at radius 1 is 1.37 bits per heavy atom. The number of methoxy groups -OCH3 is 1. The van der Waals surface area contributed by atoms with Crippen LogP contribution in [0.3, 0.4) is 0 Å². The number of halogens is 1. The zero-order valence-corrected chi connectivity index (χ0v) is 10.9. The second-order valence-corrected chi connectivity index (χ2v) is 4.12. The molecule has 0 fully saturated rings. The first-order valence-corrected chi connectivity index (χ1v) is 5.79. The Kier molecular flexibility index (Phi) is 3.74. The molecule has 1 aromatic heterocycles. The summed E-state index contributed by atoms with van der Waals surface area (Å²) < 4.78 is 5.12. The maximum Gasteiger partial charge on any atom is 0.165 e. The highest BCUT2D eigenvalue weighted by molar-refractivity contribution is 6.33. The largest absolute Gasteiger partial charge is 0.497 e. The molecule has 19 heavy (non-hydrogen) atoms. The second kappa shape index (κ2) is 5.46. The summed E-state index contributed by atoms with van der Waals surface area (Å²) in [6, 6.07) is 10.4. The minimum Gasteiger partial charge on any atom is -0.497 e. The van der Waals surface area contributed by atoms with Crippen LogP contribution in [0.1, 0.15) is 5.69 Å². The van der Waals surface area contributed by atoms with Crippen molar-refractivity contribution in [3.63, 3.8) is 0 Å². The quantitative estimate of drug-likeness (QED) is 0.899. The summed E-state index contributed by atoms with van der Waals surface area (Å²) in [5.41, 5.74) is 6.76. The highest BCUT2D eigenvalue weighted by Gasteiger charge is 2.06. The number of nitrogen functional groups attached to an aromatic ring is 1. The molecule has 0 amide bonds. The van der Waals surface area contributed by atoms with Crippen LogP contribution < -0.4 is 15.8 Å². The van der Waals surface area contributed by atoms with Crippen molar-refractivity contribution in [2.75, 3.05) is 18.2 Å². The van der Waals surface area contributed by atoms with Gasteiger partial charge in [-0.1, -0.05) is 11.6 Å². The number of ether oxygens (including phenoxy) is 1. The summed E-state index contributed by atoms with van der Waals surface area (Å²) >= 11 is 6.07. The van der Waals surface area contributed by atoms with Crippen molar-refractivity contribution in [1.82, 2.24) is 4.98 Å². The molecule has 0 spiro atoms. The number of rotatable bonds is 3. The summed E-state index contributed by atoms with van der Waals surface area (Å²) in [4.78, 5) is 4.09. The molecule has 0 unspecified atom stereocenters. The number of hydrogen-bond donors (Lipinski definition) is 2. The first-order chi connectivity index (χ1) is 9.13. The first kappa shape index (κ1) is 13.0. The molecule has 6 heteroatoms. The summed E-state index contributed by atoms with van der Waals surface area (Å²) in [6.07, 6.45) is 0. The SMILES string of the molecule is COc1ccc(Cl)c(Nc2ccc(N)c(C#N)n2)c1. The highest BCUT2D eigenvalue weighted by Crippen LogP contribution is 2.29. The fourth-order valence-corrected chi connectivity index (χ4v) is 1.66. The topological polar surface area (TPSA) is 84.0 Å². The van der Waals surface area contributed by atoms with E-state index in [1.165, 1.54) is 0 Å². The molecule has 0 atom stereocenters. The van der Waals surface area contributed by atoms with E-state index in [-0.39, 0.29) is 5.69 Å². The van der Waals surface area contributed by atoms with Crippen LogP contribution in [0.2, 0.25) is 5.02 Å². The lowest BCUT2D eigenvalue weighted by Gasteiger charge is -2.10. The molecule has 0 saturated carbocycles. The van der Waals surface area contributed by atoms with Crippen molar-refractivity contribution in [3.05, 3.63) is 41.0 Å². The van der Waals surface area contributed by atoms with E-state index in [9.17, 15) is 0 Å². The normalized spacial score (nSPS) is 9.74. The lowest BCUT2D eigenvalue weighted by Crippen LogP contribution is -1.99. The summed E-state index contributed by atoms with van der Waals surface area (Å²) in [7, 11) is 1.57. The fourth-order valence-electron chi connectivity index (χ4n) is 1.49. The van der Waals surface area contributed by atoms with E-state index in [4.69, 9.17) is 27.3 Å². The minimum atomic E-state index is 0.170. The van der Waals surface area contributed by atoms with E-state index in [0.29, 0.717) is 28.0 Å². The summed E-state index contributed by atoms with van der Waals surface area (Å²) in [6.45, 7) is 0. The number of nitriles is 1. The number of pyridine rings is 1. The van der Waals surface area contributed by atoms with Gasteiger partial charge in [0.15, 0.2) is 5.69 Å². The van der Waals surface area contributed by atoms with Crippen LogP contribution >= 0.6 is 11.6 Å². The van der Waals surface area contributed by atoms with Crippen LogP contribution in [-0.4, -0.2) is 12.1 Å². The molecule has 0 aliphatic carbocycles. The number of anilines is 3. The summed E-state index contributed by atoms with van der Waals surface area (Å²) in [5, 5.41) is 12.4. The molecule has 0 aliphatic rings. The van der Waals surface area contributed by atoms with Crippen molar-refractivity contribution < 1.29 is 4.74 Å². The predicted octanol–water partition coefficient (Wildman–Crippen LogP) is 2.94. The predicted molar refractivity (Wildman–Crippen MR) is 74.7 cm³/mol. The van der Waals surface area contributed by atoms with Crippen LogP contribution in [0.15, 0.2) is 30.3 Å². The number of nitrogens with one attached hydrogen (secondary N) is 1. The van der Waals surface area contributed by atoms with Gasteiger partial charge in [0.2, 0.25) is 0 Å². The van der Waals surface area contributed by atoms with E-state index in [2.05, 4.69) is 10.3 Å². The molecule has 3 N–H and O–H groups in total. The molecule has 1 aromatic carbocycles. The Labute approximate surface area is 115 Å². The molecule has 0 bridgehead atoms. The Morgan fingerprint density at radius 2 is 2.16 bits per heavy atom. The average Bonchev–Trinajstić information content (AvgIpc) is 2.43. The molecule has 0 aliphatic heterocycles. The smallest absolute Gasteiger partial charge is 0.165 e. The Hall–Kier alpha value is -2.45. The molecule has 2 rings (SSSR count). The van der Waals surface area contributed by atoms with Gasteiger partial charge in [-0.2, -0.15) is 5.26 Å². The molecular formula is C13H11ClN4O. The van der Waals surface area contributed by atoms with Gasteiger partial charge >= 0.3 is 0 Å². The Morgan fingerprint density at radius 3 is 2.84 bits per heavy atom. The van der Waals surface area contributed by atoms with Crippen LogP contribution in [-0.2, 0) is 0 Å². The van der Waals surface area contributed by atoms with E-state index in [1.54, 1.807) is 37.4 Å². The lowest BCUT2D eigenvalue weighted by molar-refractivity contribution is 0.415. The fraction of sp³-hybridized carbons (Fsp3) is 0.0769. The van der Waals surface area contributed by atoms with Crippen LogP contribution in [0.5, 0.6) is 5.75 Å². The number of nitrogens with two attached hydrogens (primary N) is 1. The van der Waals surface area contributed by atoms with E-state index in [1.807, 2.05) is 6.07 Å². The van der Waals surface area contributed by atoms with Crippen molar-refractivity contribution >= 4 is 28.8 Å². The monoisotopic (exact) mass is 274 g/mol. The van der Waals surface area contributed by atoms with Gasteiger partial charge < -0.3 is 15.8 Å². The van der Waals surface area contributed by atoms with Gasteiger partial charge in [0.25, 0.3) is 0 Å². The molecule has 0 saturated heterocycles. The number of hydrogen-bond acceptors (Lipinski definition) is 5. The molecule has 96 valence electrons. The van der Waals surface area contributed by atoms with Gasteiger partial charge in [0.1, 0.15) is 17.6 Å². The molecule has 2 aromatic rings. The molecule has 0 radical (unpaired) electrons. The average molecular weight is 275 g/mol. The van der Waals surface area contributed by atoms with Crippen molar-refractivity contribution in [1.29, 1.82) is 5.26 Å². The van der Waals surface area contributed by atoms with Gasteiger partial charge in [0.05, 0.1) is 23.5 Å². The number of aromatic nitrogens is 1. The Balaban J connectivity index is 2.33. The van der Waals surface area contributed by atoms with Gasteiger partial charge in [0, 0.05) is 6.07 Å². The Bertz CT molecular complexity index is 652. The maximum absolute atomic E-state index is 8.88. The lowest BCUT2D eigenvalue weighted by atomic mass is 10.2. The van der Waals surface area contributed by atoms with Gasteiger partial charge in [-0.25, -0.2) is 4.98 Å². The molecule has 1 heterocycles. The van der Waals surface area contributed by atoms with Crippen molar-refractivity contribution in [2.45, 2.75) is 0 Å². The molecule has 5 nitrogen and oxygen atoms in total. The van der Waals surface area contributed by atoms with E-state index >= 15 is 0 Å². The zero-order valence-electron chi connectivity index (χ0n) is 10.1. The number of nitrogens with zero attached hydrogens (tertiary/aromatic N) is 2. The minimum absolute atomic E-state index is 0.170. The van der Waals surface area contributed by atoms with Gasteiger partial charge in [-0.15, -0.1) is 0 Å². The van der Waals surface area contributed by atoms with Crippen molar-refractivity contribution in [3.8, 4) is 11.8 Å². The summed E-state index contributed by atoms with van der Waals surface area (Å²) in [5.74, 6) is 1.16. The highest BCUT2D eigenvalue weighted by atomic mass is 35.5. The standard InChI is InChI=1S/C13H11ClN4O/c1-19-8-2-3-9(14)11(6-8)17-13-5-4-10(16)12(7-15)18-13/h2-6H,16H2,1H3,(H,17,18). The maximum atomic E-state index is 8.88. The first-order valence-electron chi connectivity index (χ1n) is 5.41.